The van der Waals surface area contributed by atoms with Crippen LogP contribution in [0.3, 0.4) is 0 Å². The molecule has 0 aliphatic carbocycles. The van der Waals surface area contributed by atoms with Crippen molar-refractivity contribution in [1.29, 1.82) is 0 Å². The van der Waals surface area contributed by atoms with Gasteiger partial charge in [-0.25, -0.2) is 0 Å². The van der Waals surface area contributed by atoms with Gasteiger partial charge in [0.25, 0.3) is 5.91 Å². The summed E-state index contributed by atoms with van der Waals surface area (Å²) in [6, 6.07) is 26.9. The predicted octanol–water partition coefficient (Wildman–Crippen LogP) is 4.81. The van der Waals surface area contributed by atoms with E-state index in [1.807, 2.05) is 38.4 Å². The Morgan fingerprint density at radius 2 is 1.55 bits per heavy atom. The van der Waals surface area contributed by atoms with Crippen molar-refractivity contribution in [2.45, 2.75) is 6.04 Å². The lowest BCUT2D eigenvalue weighted by Gasteiger charge is -2.40. The zero-order valence-electron chi connectivity index (χ0n) is 19.2. The van der Waals surface area contributed by atoms with Crippen molar-refractivity contribution in [3.63, 3.8) is 0 Å². The van der Waals surface area contributed by atoms with E-state index in [4.69, 9.17) is 0 Å². The third kappa shape index (κ3) is 5.95. The Balaban J connectivity index is 1.47. The number of halogens is 1. The van der Waals surface area contributed by atoms with Gasteiger partial charge in [0.05, 0.1) is 6.04 Å². The number of nitrogens with zero attached hydrogens (tertiary/aromatic N) is 3. The van der Waals surface area contributed by atoms with Gasteiger partial charge in [0.1, 0.15) is 0 Å². The number of para-hydroxylation sites is 1. The molecule has 0 radical (unpaired) electrons. The average molecular weight is 507 g/mol. The summed E-state index contributed by atoms with van der Waals surface area (Å²) in [4.78, 5) is 19.8. The fourth-order valence-electron chi connectivity index (χ4n) is 4.28. The van der Waals surface area contributed by atoms with Gasteiger partial charge in [-0.1, -0.05) is 46.3 Å². The summed E-state index contributed by atoms with van der Waals surface area (Å²) in [6.45, 7) is 4.40. The first kappa shape index (κ1) is 23.3. The second-order valence-electron chi connectivity index (χ2n) is 8.58. The number of hydrogen-bond acceptors (Lipinski definition) is 4. The Bertz CT molecular complexity index is 1030. The summed E-state index contributed by atoms with van der Waals surface area (Å²) >= 11 is 3.43. The minimum absolute atomic E-state index is 0.0414. The number of hydrogen-bond donors (Lipinski definition) is 1. The van der Waals surface area contributed by atoms with Gasteiger partial charge in [-0.05, 0) is 54.1 Å². The molecule has 33 heavy (non-hydrogen) atoms. The van der Waals surface area contributed by atoms with E-state index >= 15 is 0 Å². The van der Waals surface area contributed by atoms with Crippen molar-refractivity contribution in [2.24, 2.45) is 0 Å². The molecular formula is C27H31BrN4O. The molecule has 1 fully saturated rings. The van der Waals surface area contributed by atoms with Crippen LogP contribution in [0.2, 0.25) is 0 Å². The third-order valence-electron chi connectivity index (χ3n) is 6.23. The van der Waals surface area contributed by atoms with E-state index in [0.717, 1.165) is 30.7 Å². The summed E-state index contributed by atoms with van der Waals surface area (Å²) in [5.41, 5.74) is 4.34. The summed E-state index contributed by atoms with van der Waals surface area (Å²) in [5, 5.41) is 3.17. The maximum Gasteiger partial charge on any atom is 0.251 e. The predicted molar refractivity (Wildman–Crippen MR) is 140 cm³/mol. The van der Waals surface area contributed by atoms with Crippen LogP contribution < -0.4 is 15.1 Å². The van der Waals surface area contributed by atoms with E-state index in [1.54, 1.807) is 0 Å². The summed E-state index contributed by atoms with van der Waals surface area (Å²) < 4.78 is 0.967. The van der Waals surface area contributed by atoms with Gasteiger partial charge >= 0.3 is 0 Å². The van der Waals surface area contributed by atoms with Crippen LogP contribution >= 0.6 is 15.9 Å². The number of carbonyl (C=O) groups excluding carboxylic acids is 1. The number of rotatable bonds is 7. The number of carbonyl (C=O) groups is 1. The standard InChI is InChI=1S/C27H31BrN4O/c1-30(2)24-14-10-21(11-15-24)26(20-29-27(33)22-8-12-23(28)13-9-22)32-18-16-31(17-19-32)25-6-4-3-5-7-25/h3-15,26H,16-20H2,1-2H3,(H,29,33). The third-order valence-corrected chi connectivity index (χ3v) is 6.76. The van der Waals surface area contributed by atoms with Crippen molar-refractivity contribution in [3.8, 4) is 0 Å². The maximum atomic E-state index is 12.8. The van der Waals surface area contributed by atoms with Crippen LogP contribution in [-0.2, 0) is 0 Å². The average Bonchev–Trinajstić information content (AvgIpc) is 2.85. The largest absolute Gasteiger partial charge is 0.378 e. The van der Waals surface area contributed by atoms with E-state index in [-0.39, 0.29) is 11.9 Å². The van der Waals surface area contributed by atoms with Crippen LogP contribution in [0, 0.1) is 0 Å². The molecule has 3 aromatic rings. The minimum Gasteiger partial charge on any atom is -0.378 e. The van der Waals surface area contributed by atoms with Crippen LogP contribution in [0.5, 0.6) is 0 Å². The molecule has 4 rings (SSSR count). The molecule has 1 aliphatic heterocycles. The molecule has 3 aromatic carbocycles. The SMILES string of the molecule is CN(C)c1ccc(C(CNC(=O)c2ccc(Br)cc2)N2CCN(c3ccccc3)CC2)cc1. The van der Waals surface area contributed by atoms with Crippen LogP contribution in [0.15, 0.2) is 83.3 Å². The zero-order valence-corrected chi connectivity index (χ0v) is 20.8. The molecule has 5 nitrogen and oxygen atoms in total. The highest BCUT2D eigenvalue weighted by molar-refractivity contribution is 9.10. The van der Waals surface area contributed by atoms with E-state index in [1.165, 1.54) is 16.9 Å². The van der Waals surface area contributed by atoms with Gasteiger partial charge in [0.2, 0.25) is 0 Å². The summed E-state index contributed by atoms with van der Waals surface area (Å²) in [7, 11) is 4.10. The summed E-state index contributed by atoms with van der Waals surface area (Å²) in [5.74, 6) is -0.0414. The van der Waals surface area contributed by atoms with Crippen LogP contribution in [0.25, 0.3) is 0 Å². The molecule has 1 heterocycles. The van der Waals surface area contributed by atoms with Gasteiger partial charge in [0, 0.05) is 68.2 Å². The zero-order chi connectivity index (χ0) is 23.2. The van der Waals surface area contributed by atoms with E-state index in [0.29, 0.717) is 12.1 Å². The first-order valence-electron chi connectivity index (χ1n) is 11.4. The molecule has 1 saturated heterocycles. The van der Waals surface area contributed by atoms with Gasteiger partial charge < -0.3 is 15.1 Å². The molecule has 0 bridgehead atoms. The highest BCUT2D eigenvalue weighted by atomic mass is 79.9. The number of anilines is 2. The summed E-state index contributed by atoms with van der Waals surface area (Å²) in [6.07, 6.45) is 0. The molecule has 1 atom stereocenters. The van der Waals surface area contributed by atoms with E-state index in [9.17, 15) is 4.79 Å². The van der Waals surface area contributed by atoms with Gasteiger partial charge in [-0.2, -0.15) is 0 Å². The molecule has 0 spiro atoms. The Labute approximate surface area is 205 Å². The van der Waals surface area contributed by atoms with E-state index < -0.39 is 0 Å². The van der Waals surface area contributed by atoms with Crippen molar-refractivity contribution < 1.29 is 4.79 Å². The molecule has 1 unspecified atom stereocenters. The number of nitrogens with one attached hydrogen (secondary N) is 1. The topological polar surface area (TPSA) is 38.8 Å². The second-order valence-corrected chi connectivity index (χ2v) is 9.49. The first-order valence-corrected chi connectivity index (χ1v) is 12.2. The van der Waals surface area contributed by atoms with Gasteiger partial charge in [-0.15, -0.1) is 0 Å². The first-order chi connectivity index (χ1) is 16.0. The monoisotopic (exact) mass is 506 g/mol. The number of benzene rings is 3. The lowest BCUT2D eigenvalue weighted by molar-refractivity contribution is 0.0930. The van der Waals surface area contributed by atoms with Crippen LogP contribution in [0.4, 0.5) is 11.4 Å². The van der Waals surface area contributed by atoms with E-state index in [2.05, 4.69) is 90.5 Å². The van der Waals surface area contributed by atoms with Crippen molar-refractivity contribution in [2.75, 3.05) is 56.6 Å². The number of piperazine rings is 1. The molecule has 172 valence electrons. The lowest BCUT2D eigenvalue weighted by atomic mass is 10.0. The molecule has 1 aliphatic rings. The normalized spacial score (nSPS) is 15.2. The van der Waals surface area contributed by atoms with Gasteiger partial charge in [0.15, 0.2) is 0 Å². The van der Waals surface area contributed by atoms with Crippen molar-refractivity contribution in [3.05, 3.63) is 94.5 Å². The van der Waals surface area contributed by atoms with Crippen molar-refractivity contribution in [1.82, 2.24) is 10.2 Å². The fourth-order valence-corrected chi connectivity index (χ4v) is 4.54. The van der Waals surface area contributed by atoms with Gasteiger partial charge in [-0.3, -0.25) is 9.69 Å². The quantitative estimate of drug-likeness (QED) is 0.499. The molecular weight excluding hydrogens is 476 g/mol. The highest BCUT2D eigenvalue weighted by Gasteiger charge is 2.26. The minimum atomic E-state index is -0.0414. The van der Waals surface area contributed by atoms with Crippen LogP contribution in [-0.4, -0.2) is 57.6 Å². The second kappa shape index (κ2) is 10.9. The Hall–Kier alpha value is -2.83. The maximum absolute atomic E-state index is 12.8. The Morgan fingerprint density at radius 1 is 0.909 bits per heavy atom. The molecule has 0 aromatic heterocycles. The molecule has 6 heteroatoms. The fraction of sp³-hybridized carbons (Fsp3) is 0.296. The van der Waals surface area contributed by atoms with Crippen molar-refractivity contribution >= 4 is 33.2 Å². The molecule has 1 N–H and O–H groups in total. The molecule has 0 saturated carbocycles. The highest BCUT2D eigenvalue weighted by Crippen LogP contribution is 2.26. The Kier molecular flexibility index (Phi) is 7.68. The lowest BCUT2D eigenvalue weighted by Crippen LogP contribution is -2.50. The molecule has 1 amide bonds. The number of amides is 1. The smallest absolute Gasteiger partial charge is 0.251 e. The van der Waals surface area contributed by atoms with Crippen LogP contribution in [0.1, 0.15) is 22.0 Å². The Morgan fingerprint density at radius 3 is 2.15 bits per heavy atom.